The van der Waals surface area contributed by atoms with E-state index in [0.29, 0.717) is 26.1 Å². The maximum Gasteiger partial charge on any atom is 0.225 e. The monoisotopic (exact) mass is 348 g/mol. The number of benzene rings is 1. The van der Waals surface area contributed by atoms with E-state index in [1.807, 2.05) is 43.1 Å². The Kier molecular flexibility index (Phi) is 7.84. The molecule has 0 radical (unpaired) electrons. The fourth-order valence-electron chi connectivity index (χ4n) is 3.06. The molecule has 1 heterocycles. The van der Waals surface area contributed by atoms with Gasteiger partial charge in [0.2, 0.25) is 5.91 Å². The molecule has 0 aliphatic carbocycles. The molecule has 1 amide bonds. The highest BCUT2D eigenvalue weighted by molar-refractivity contribution is 5.91. The molecule has 25 heavy (non-hydrogen) atoms. The zero-order chi connectivity index (χ0) is 18.2. The first-order chi connectivity index (χ1) is 11.9. The Morgan fingerprint density at radius 3 is 2.64 bits per heavy atom. The Hall–Kier alpha value is -1.47. The van der Waals surface area contributed by atoms with Crippen LogP contribution in [0.2, 0.25) is 0 Å². The molecule has 6 nitrogen and oxygen atoms in total. The number of likely N-dealkylation sites (N-methyl/N-ethyl adjacent to an activating group) is 2. The van der Waals surface area contributed by atoms with Crippen LogP contribution in [0.1, 0.15) is 12.0 Å². The van der Waals surface area contributed by atoms with Crippen molar-refractivity contribution in [3.8, 4) is 0 Å². The number of aliphatic hydroxyl groups excluding tert-OH is 1. The van der Waals surface area contributed by atoms with E-state index in [1.54, 1.807) is 0 Å². The zero-order valence-electron chi connectivity index (χ0n) is 15.7. The van der Waals surface area contributed by atoms with Gasteiger partial charge >= 0.3 is 0 Å². The SMILES string of the molecule is Cc1ccccc1NC(=O)CCN(C)CC(O)CN1CCN(C)CC1. The number of anilines is 1. The molecule has 1 aromatic rings. The van der Waals surface area contributed by atoms with Crippen LogP contribution in [0.5, 0.6) is 0 Å². The molecule has 2 N–H and O–H groups in total. The third kappa shape index (κ3) is 7.12. The van der Waals surface area contributed by atoms with Crippen LogP contribution in [-0.2, 0) is 4.79 Å². The largest absolute Gasteiger partial charge is 0.390 e. The molecule has 1 aliphatic heterocycles. The number of hydrogen-bond donors (Lipinski definition) is 2. The number of carbonyl (C=O) groups excluding carboxylic acids is 1. The summed E-state index contributed by atoms with van der Waals surface area (Å²) >= 11 is 0. The summed E-state index contributed by atoms with van der Waals surface area (Å²) in [5.41, 5.74) is 1.93. The number of amides is 1. The van der Waals surface area contributed by atoms with E-state index < -0.39 is 0 Å². The number of piperazine rings is 1. The minimum absolute atomic E-state index is 0.00899. The van der Waals surface area contributed by atoms with Gasteiger partial charge in [0.1, 0.15) is 0 Å². The fourth-order valence-corrected chi connectivity index (χ4v) is 3.06. The second kappa shape index (κ2) is 9.87. The van der Waals surface area contributed by atoms with Gasteiger partial charge in [-0.25, -0.2) is 0 Å². The number of β-amino-alcohol motifs (C(OH)–C–C–N with tert-alkyl or cyclic N) is 1. The van der Waals surface area contributed by atoms with Gasteiger partial charge in [-0.3, -0.25) is 9.69 Å². The molecule has 0 aromatic heterocycles. The summed E-state index contributed by atoms with van der Waals surface area (Å²) in [4.78, 5) is 18.7. The minimum atomic E-state index is -0.382. The molecule has 140 valence electrons. The van der Waals surface area contributed by atoms with Crippen molar-refractivity contribution in [1.82, 2.24) is 14.7 Å². The predicted molar refractivity (Wildman–Crippen MR) is 102 cm³/mol. The third-order valence-electron chi connectivity index (χ3n) is 4.73. The van der Waals surface area contributed by atoms with Gasteiger partial charge in [0.25, 0.3) is 0 Å². The van der Waals surface area contributed by atoms with Crippen LogP contribution in [0.25, 0.3) is 0 Å². The molecule has 1 aliphatic rings. The summed E-state index contributed by atoms with van der Waals surface area (Å²) in [7, 11) is 4.08. The first kappa shape index (κ1) is 19.8. The van der Waals surface area contributed by atoms with Crippen molar-refractivity contribution in [2.75, 3.05) is 65.2 Å². The van der Waals surface area contributed by atoms with Gasteiger partial charge in [-0.15, -0.1) is 0 Å². The summed E-state index contributed by atoms with van der Waals surface area (Å²) in [6.45, 7) is 8.04. The van der Waals surface area contributed by atoms with Crippen molar-refractivity contribution in [2.45, 2.75) is 19.4 Å². The van der Waals surface area contributed by atoms with E-state index in [2.05, 4.69) is 22.2 Å². The van der Waals surface area contributed by atoms with Gasteiger partial charge in [0.05, 0.1) is 6.10 Å². The normalized spacial score (nSPS) is 17.6. The summed E-state index contributed by atoms with van der Waals surface area (Å²) in [6, 6.07) is 7.77. The molecule has 0 bridgehead atoms. The Bertz CT molecular complexity index is 544. The lowest BCUT2D eigenvalue weighted by Crippen LogP contribution is -2.48. The molecule has 0 saturated carbocycles. The standard InChI is InChI=1S/C19H32N4O2/c1-16-6-4-5-7-18(16)20-19(25)8-9-22(3)14-17(24)15-23-12-10-21(2)11-13-23/h4-7,17,24H,8-15H2,1-3H3,(H,20,25). The summed E-state index contributed by atoms with van der Waals surface area (Å²) in [6.07, 6.45) is 0.0410. The summed E-state index contributed by atoms with van der Waals surface area (Å²) in [5, 5.41) is 13.2. The van der Waals surface area contributed by atoms with Gasteiger partial charge in [0, 0.05) is 57.9 Å². The highest BCUT2D eigenvalue weighted by Gasteiger charge is 2.18. The van der Waals surface area contributed by atoms with Crippen molar-refractivity contribution < 1.29 is 9.90 Å². The molecular formula is C19H32N4O2. The molecule has 6 heteroatoms. The van der Waals surface area contributed by atoms with Crippen molar-refractivity contribution >= 4 is 11.6 Å². The molecule has 1 fully saturated rings. The first-order valence-electron chi connectivity index (χ1n) is 9.07. The summed E-state index contributed by atoms with van der Waals surface area (Å²) in [5.74, 6) is 0.00899. The predicted octanol–water partition coefficient (Wildman–Crippen LogP) is 0.864. The first-order valence-corrected chi connectivity index (χ1v) is 9.07. The topological polar surface area (TPSA) is 59.1 Å². The highest BCUT2D eigenvalue weighted by atomic mass is 16.3. The zero-order valence-corrected chi connectivity index (χ0v) is 15.7. The molecule has 1 aromatic carbocycles. The fraction of sp³-hybridized carbons (Fsp3) is 0.632. The molecular weight excluding hydrogens is 316 g/mol. The van der Waals surface area contributed by atoms with Crippen LogP contribution in [0.15, 0.2) is 24.3 Å². The molecule has 0 spiro atoms. The number of rotatable bonds is 8. The molecule has 2 rings (SSSR count). The lowest BCUT2D eigenvalue weighted by Gasteiger charge is -2.34. The van der Waals surface area contributed by atoms with E-state index in [9.17, 15) is 9.90 Å². The Labute approximate surface area is 151 Å². The number of nitrogens with zero attached hydrogens (tertiary/aromatic N) is 3. The lowest BCUT2D eigenvalue weighted by molar-refractivity contribution is -0.116. The Morgan fingerprint density at radius 2 is 1.96 bits per heavy atom. The van der Waals surface area contributed by atoms with Crippen molar-refractivity contribution in [3.05, 3.63) is 29.8 Å². The number of aryl methyl sites for hydroxylation is 1. The Balaban J connectivity index is 1.65. The molecule has 1 saturated heterocycles. The molecule has 1 unspecified atom stereocenters. The minimum Gasteiger partial charge on any atom is -0.390 e. The van der Waals surface area contributed by atoms with Gasteiger partial charge < -0.3 is 20.2 Å². The third-order valence-corrected chi connectivity index (χ3v) is 4.73. The number of nitrogens with one attached hydrogen (secondary N) is 1. The van der Waals surface area contributed by atoms with Crippen molar-refractivity contribution in [2.24, 2.45) is 0 Å². The second-order valence-electron chi connectivity index (χ2n) is 7.13. The number of aliphatic hydroxyl groups is 1. The number of hydrogen-bond acceptors (Lipinski definition) is 5. The quantitative estimate of drug-likeness (QED) is 0.730. The molecule has 1 atom stereocenters. The van der Waals surface area contributed by atoms with Crippen LogP contribution in [0, 0.1) is 6.92 Å². The van der Waals surface area contributed by atoms with E-state index in [4.69, 9.17) is 0 Å². The van der Waals surface area contributed by atoms with Gasteiger partial charge in [-0.2, -0.15) is 0 Å². The maximum absolute atomic E-state index is 12.1. The lowest BCUT2D eigenvalue weighted by atomic mass is 10.2. The van der Waals surface area contributed by atoms with Gasteiger partial charge in [-0.1, -0.05) is 18.2 Å². The smallest absolute Gasteiger partial charge is 0.225 e. The number of carbonyl (C=O) groups is 1. The van der Waals surface area contributed by atoms with Gasteiger partial charge in [-0.05, 0) is 32.6 Å². The van der Waals surface area contributed by atoms with Crippen LogP contribution in [-0.4, -0.2) is 91.7 Å². The van der Waals surface area contributed by atoms with E-state index in [0.717, 1.165) is 37.4 Å². The van der Waals surface area contributed by atoms with Crippen LogP contribution in [0.3, 0.4) is 0 Å². The second-order valence-corrected chi connectivity index (χ2v) is 7.13. The van der Waals surface area contributed by atoms with Crippen molar-refractivity contribution in [1.29, 1.82) is 0 Å². The number of para-hydroxylation sites is 1. The Morgan fingerprint density at radius 1 is 1.28 bits per heavy atom. The maximum atomic E-state index is 12.1. The van der Waals surface area contributed by atoms with Crippen LogP contribution >= 0.6 is 0 Å². The van der Waals surface area contributed by atoms with E-state index in [1.165, 1.54) is 0 Å². The van der Waals surface area contributed by atoms with Gasteiger partial charge in [0.15, 0.2) is 0 Å². The van der Waals surface area contributed by atoms with E-state index in [-0.39, 0.29) is 12.0 Å². The average Bonchev–Trinajstić information content (AvgIpc) is 2.57. The van der Waals surface area contributed by atoms with Crippen LogP contribution < -0.4 is 5.32 Å². The van der Waals surface area contributed by atoms with Crippen molar-refractivity contribution in [3.63, 3.8) is 0 Å². The average molecular weight is 348 g/mol. The van der Waals surface area contributed by atoms with E-state index >= 15 is 0 Å². The highest BCUT2D eigenvalue weighted by Crippen LogP contribution is 2.13. The van der Waals surface area contributed by atoms with Crippen LogP contribution in [0.4, 0.5) is 5.69 Å². The summed E-state index contributed by atoms with van der Waals surface area (Å²) < 4.78 is 0.